The zero-order chi connectivity index (χ0) is 19.9. The van der Waals surface area contributed by atoms with Gasteiger partial charge in [-0.2, -0.15) is 13.2 Å². The largest absolute Gasteiger partial charge is 0.598 e. The highest BCUT2D eigenvalue weighted by molar-refractivity contribution is 7.90. The van der Waals surface area contributed by atoms with Crippen LogP contribution in [0.1, 0.15) is 42.3 Å². The molecule has 1 heterocycles. The van der Waals surface area contributed by atoms with Crippen LogP contribution in [-0.4, -0.2) is 14.3 Å². The highest BCUT2D eigenvalue weighted by Crippen LogP contribution is 2.38. The third-order valence-corrected chi connectivity index (χ3v) is 6.22. The van der Waals surface area contributed by atoms with Gasteiger partial charge in [-0.3, -0.25) is 0 Å². The maximum absolute atomic E-state index is 14.4. The van der Waals surface area contributed by atoms with Gasteiger partial charge in [-0.05, 0) is 26.8 Å². The lowest BCUT2D eigenvalue weighted by Crippen LogP contribution is -2.41. The van der Waals surface area contributed by atoms with Gasteiger partial charge in [0, 0.05) is 23.1 Å². The van der Waals surface area contributed by atoms with E-state index in [-0.39, 0.29) is 21.8 Å². The molecule has 3 nitrogen and oxygen atoms in total. The molecular weight excluding hydrogens is 419 g/mol. The number of halogens is 6. The van der Waals surface area contributed by atoms with Crippen molar-refractivity contribution in [2.24, 2.45) is 0 Å². The molecular formula is C15H14ClF5N2OS2. The monoisotopic (exact) mass is 432 g/mol. The maximum atomic E-state index is 14.4. The van der Waals surface area contributed by atoms with E-state index in [9.17, 15) is 26.5 Å². The molecule has 0 aliphatic rings. The Balaban J connectivity index is 2.53. The Labute approximate surface area is 158 Å². The van der Waals surface area contributed by atoms with Crippen LogP contribution in [0, 0.1) is 11.6 Å². The Morgan fingerprint density at radius 2 is 1.85 bits per heavy atom. The number of hydrogen-bond acceptors (Lipinski definition) is 4. The quantitative estimate of drug-likeness (QED) is 0.408. The number of nitrogens with zero attached hydrogens (tertiary/aromatic N) is 1. The second-order valence-electron chi connectivity index (χ2n) is 6.26. The van der Waals surface area contributed by atoms with Gasteiger partial charge in [0.1, 0.15) is 27.4 Å². The van der Waals surface area contributed by atoms with Crippen LogP contribution < -0.4 is 4.72 Å². The lowest BCUT2D eigenvalue weighted by molar-refractivity contribution is -0.137. The van der Waals surface area contributed by atoms with Crippen molar-refractivity contribution in [3.8, 4) is 0 Å². The van der Waals surface area contributed by atoms with Crippen molar-refractivity contribution in [1.82, 2.24) is 9.71 Å². The molecule has 0 aliphatic carbocycles. The van der Waals surface area contributed by atoms with Crippen molar-refractivity contribution in [2.45, 2.75) is 37.7 Å². The molecule has 0 bridgehead atoms. The van der Waals surface area contributed by atoms with Gasteiger partial charge in [-0.15, -0.1) is 16.1 Å². The number of alkyl halides is 3. The van der Waals surface area contributed by atoms with Gasteiger partial charge in [0.15, 0.2) is 5.01 Å². The highest BCUT2D eigenvalue weighted by Gasteiger charge is 2.38. The van der Waals surface area contributed by atoms with E-state index in [0.29, 0.717) is 0 Å². The summed E-state index contributed by atoms with van der Waals surface area (Å²) in [6, 6.07) is 0.684. The fourth-order valence-corrected chi connectivity index (χ4v) is 3.80. The average Bonchev–Trinajstić information content (AvgIpc) is 3.00. The van der Waals surface area contributed by atoms with Crippen molar-refractivity contribution in [3.63, 3.8) is 0 Å². The Morgan fingerprint density at radius 1 is 1.23 bits per heavy atom. The third kappa shape index (κ3) is 4.66. The van der Waals surface area contributed by atoms with E-state index in [0.717, 1.165) is 18.3 Å². The number of hydrogen-bond donors (Lipinski definition) is 1. The molecule has 1 N–H and O–H groups in total. The molecule has 2 atom stereocenters. The normalized spacial score (nSPS) is 15.2. The molecule has 26 heavy (non-hydrogen) atoms. The summed E-state index contributed by atoms with van der Waals surface area (Å²) in [4.78, 5) is 3.27. The molecule has 0 spiro atoms. The van der Waals surface area contributed by atoms with E-state index in [1.165, 1.54) is 0 Å². The van der Waals surface area contributed by atoms with E-state index in [1.54, 1.807) is 20.8 Å². The smallest absolute Gasteiger partial charge is 0.443 e. The topological polar surface area (TPSA) is 48.0 Å². The lowest BCUT2D eigenvalue weighted by atomic mass is 10.1. The lowest BCUT2D eigenvalue weighted by Gasteiger charge is -2.28. The molecule has 0 saturated carbocycles. The first-order valence-electron chi connectivity index (χ1n) is 7.16. The van der Waals surface area contributed by atoms with Crippen LogP contribution in [0.5, 0.6) is 0 Å². The molecule has 1 aromatic carbocycles. The van der Waals surface area contributed by atoms with Gasteiger partial charge in [0.2, 0.25) is 0 Å². The number of rotatable bonds is 4. The molecule has 1 unspecified atom stereocenters. The van der Waals surface area contributed by atoms with Crippen LogP contribution in [0.2, 0.25) is 5.02 Å². The first-order chi connectivity index (χ1) is 11.8. The number of benzene rings is 1. The minimum absolute atomic E-state index is 0.0310. The van der Waals surface area contributed by atoms with E-state index < -0.39 is 50.0 Å². The van der Waals surface area contributed by atoms with Gasteiger partial charge < -0.3 is 4.55 Å². The molecule has 144 valence electrons. The molecule has 0 amide bonds. The Hall–Kier alpha value is -0.940. The van der Waals surface area contributed by atoms with Gasteiger partial charge in [-0.25, -0.2) is 13.8 Å². The predicted molar refractivity (Wildman–Crippen MR) is 91.4 cm³/mol. The molecule has 0 fully saturated rings. The fourth-order valence-electron chi connectivity index (χ4n) is 1.87. The molecule has 0 saturated heterocycles. The van der Waals surface area contributed by atoms with E-state index in [4.69, 9.17) is 11.6 Å². The Morgan fingerprint density at radius 3 is 2.35 bits per heavy atom. The standard InChI is InChI=1S/C15H14ClF5N2OS2/c1-14(2,3)26(24)23-12(7-4-5-8(17)10(16)11(7)18)9-6-22-13(25-9)15(19,20)21/h4-6,12,23H,1-3H3/t12-,26?/m1/s1. The van der Waals surface area contributed by atoms with Crippen molar-refractivity contribution >= 4 is 34.3 Å². The van der Waals surface area contributed by atoms with Crippen LogP contribution in [0.15, 0.2) is 18.3 Å². The predicted octanol–water partition coefficient (Wildman–Crippen LogP) is 5.23. The van der Waals surface area contributed by atoms with Gasteiger partial charge >= 0.3 is 6.18 Å². The number of aromatic nitrogens is 1. The van der Waals surface area contributed by atoms with Crippen LogP contribution in [-0.2, 0) is 17.5 Å². The average molecular weight is 433 g/mol. The van der Waals surface area contributed by atoms with Gasteiger partial charge in [0.05, 0.1) is 4.88 Å². The summed E-state index contributed by atoms with van der Waals surface area (Å²) in [6.07, 6.45) is -3.75. The summed E-state index contributed by atoms with van der Waals surface area (Å²) in [6.45, 7) is 4.90. The van der Waals surface area contributed by atoms with Crippen LogP contribution >= 0.6 is 22.9 Å². The molecule has 1 aromatic heterocycles. The van der Waals surface area contributed by atoms with Crippen molar-refractivity contribution < 1.29 is 26.5 Å². The van der Waals surface area contributed by atoms with Crippen LogP contribution in [0.25, 0.3) is 0 Å². The second kappa shape index (κ2) is 7.59. The Kier molecular flexibility index (Phi) is 6.23. The van der Waals surface area contributed by atoms with Crippen molar-refractivity contribution in [3.05, 3.63) is 50.4 Å². The molecule has 2 rings (SSSR count). The fraction of sp³-hybridized carbons (Fsp3) is 0.400. The van der Waals surface area contributed by atoms with E-state index >= 15 is 0 Å². The summed E-state index contributed by atoms with van der Waals surface area (Å²) < 4.78 is 80.6. The highest BCUT2D eigenvalue weighted by atomic mass is 35.5. The molecule has 0 radical (unpaired) electrons. The van der Waals surface area contributed by atoms with E-state index in [1.807, 2.05) is 0 Å². The summed E-state index contributed by atoms with van der Waals surface area (Å²) in [5, 5.41) is -1.93. The number of thiazole rings is 1. The third-order valence-electron chi connectivity index (χ3n) is 3.21. The van der Waals surface area contributed by atoms with Crippen molar-refractivity contribution in [1.29, 1.82) is 0 Å². The van der Waals surface area contributed by atoms with Crippen molar-refractivity contribution in [2.75, 3.05) is 0 Å². The summed E-state index contributed by atoms with van der Waals surface area (Å²) >= 11 is 4.09. The number of nitrogens with one attached hydrogen (secondary N) is 1. The molecule has 2 aromatic rings. The van der Waals surface area contributed by atoms with Crippen LogP contribution in [0.4, 0.5) is 22.0 Å². The minimum Gasteiger partial charge on any atom is -0.598 e. The first kappa shape index (κ1) is 21.4. The minimum atomic E-state index is -4.67. The SMILES string of the molecule is CC(C)(C)[S+]([O-])N[C@@H](c1cnc(C(F)(F)F)s1)c1ccc(F)c(Cl)c1F. The van der Waals surface area contributed by atoms with Crippen LogP contribution in [0.3, 0.4) is 0 Å². The summed E-state index contributed by atoms with van der Waals surface area (Å²) in [5.41, 5.74) is -0.230. The van der Waals surface area contributed by atoms with E-state index in [2.05, 4.69) is 9.71 Å². The molecule has 11 heteroatoms. The summed E-state index contributed by atoms with van der Waals surface area (Å²) in [7, 11) is 0. The maximum Gasteiger partial charge on any atom is 0.443 e. The van der Waals surface area contributed by atoms with Gasteiger partial charge in [0.25, 0.3) is 0 Å². The first-order valence-corrected chi connectivity index (χ1v) is 9.51. The zero-order valence-electron chi connectivity index (χ0n) is 13.7. The molecule has 0 aliphatic heterocycles. The van der Waals surface area contributed by atoms with Gasteiger partial charge in [-0.1, -0.05) is 17.7 Å². The zero-order valence-corrected chi connectivity index (χ0v) is 16.1. The Bertz CT molecular complexity index is 791. The summed E-state index contributed by atoms with van der Waals surface area (Å²) in [5.74, 6) is -2.15. The second-order valence-corrected chi connectivity index (χ2v) is 9.70.